The molecule has 29 heavy (non-hydrogen) atoms. The maximum absolute atomic E-state index is 10.7. The Morgan fingerprint density at radius 2 is 1.34 bits per heavy atom. The van der Waals surface area contributed by atoms with Crippen LogP contribution in [0, 0.1) is 36.5 Å². The number of esters is 3. The van der Waals surface area contributed by atoms with Crippen molar-refractivity contribution >= 4 is 23.9 Å². The fourth-order valence-electron chi connectivity index (χ4n) is 0.741. The minimum absolute atomic E-state index is 0.287. The van der Waals surface area contributed by atoms with Gasteiger partial charge in [0.2, 0.25) is 0 Å². The fourth-order valence-corrected chi connectivity index (χ4v) is 0.741. The van der Waals surface area contributed by atoms with Crippen LogP contribution in [0.2, 0.25) is 0 Å². The summed E-state index contributed by atoms with van der Waals surface area (Å²) in [5.74, 6) is 4.87. The van der Waals surface area contributed by atoms with E-state index in [1.807, 2.05) is 0 Å². The van der Waals surface area contributed by atoms with Crippen molar-refractivity contribution in [3.63, 3.8) is 0 Å². The zero-order valence-electron chi connectivity index (χ0n) is 16.5. The first-order valence-corrected chi connectivity index (χ1v) is 7.79. The van der Waals surface area contributed by atoms with Gasteiger partial charge in [0.1, 0.15) is 0 Å². The molecule has 0 aromatic rings. The van der Waals surface area contributed by atoms with Crippen LogP contribution in [-0.4, -0.2) is 53.9 Å². The number of hydrogen-bond acceptors (Lipinski definition) is 8. The van der Waals surface area contributed by atoms with Crippen LogP contribution in [0.25, 0.3) is 0 Å². The lowest BCUT2D eigenvalue weighted by molar-refractivity contribution is -0.137. The Morgan fingerprint density at radius 3 is 1.66 bits per heavy atom. The van der Waals surface area contributed by atoms with Crippen molar-refractivity contribution in [1.29, 1.82) is 0 Å². The molecule has 158 valence electrons. The first-order chi connectivity index (χ1) is 13.7. The molecule has 0 fully saturated rings. The Kier molecular flexibility index (Phi) is 32.1. The average Bonchev–Trinajstić information content (AvgIpc) is 2.67. The van der Waals surface area contributed by atoms with Gasteiger partial charge in [-0.1, -0.05) is 12.5 Å². The van der Waals surface area contributed by atoms with Gasteiger partial charge in [0.15, 0.2) is 0 Å². The molecule has 0 spiro atoms. The molecular weight excluding hydrogens is 384 g/mol. The van der Waals surface area contributed by atoms with E-state index >= 15 is 0 Å². The summed E-state index contributed by atoms with van der Waals surface area (Å²) in [6, 6.07) is 0. The normalized spacial score (nSPS) is 7.34. The van der Waals surface area contributed by atoms with E-state index in [2.05, 4.69) is 45.5 Å². The summed E-state index contributed by atoms with van der Waals surface area (Å²) >= 11 is 0. The van der Waals surface area contributed by atoms with Gasteiger partial charge in [-0.05, 0) is 26.8 Å². The second kappa shape index (κ2) is 28.6. The zero-order valence-corrected chi connectivity index (χ0v) is 16.5. The number of aliphatic hydroxyl groups excluding tert-OH is 1. The van der Waals surface area contributed by atoms with Crippen molar-refractivity contribution in [2.45, 2.75) is 20.8 Å². The molecule has 0 radical (unpaired) electrons. The van der Waals surface area contributed by atoms with Gasteiger partial charge in [-0.2, -0.15) is 0 Å². The third-order valence-electron chi connectivity index (χ3n) is 1.56. The number of rotatable bonds is 4. The highest BCUT2D eigenvalue weighted by Gasteiger charge is 1.92. The highest BCUT2D eigenvalue weighted by atomic mass is 16.5. The van der Waals surface area contributed by atoms with Crippen LogP contribution < -0.4 is 0 Å². The summed E-state index contributed by atoms with van der Waals surface area (Å²) in [5.41, 5.74) is 0. The maximum Gasteiger partial charge on any atom is 0.384 e. The minimum Gasteiger partial charge on any atom is -0.516 e. The van der Waals surface area contributed by atoms with Crippen LogP contribution in [0.5, 0.6) is 0 Å². The molecule has 0 amide bonds. The molecule has 0 bridgehead atoms. The third-order valence-corrected chi connectivity index (χ3v) is 1.56. The lowest BCUT2D eigenvalue weighted by Gasteiger charge is -1.92. The first-order valence-electron chi connectivity index (χ1n) is 7.79. The molecule has 9 nitrogen and oxygen atoms in total. The number of carbonyl (C=O) groups is 4. The number of allylic oxidation sites excluding steroid dienone is 1. The molecular formula is C20H24O9. The Bertz CT molecular complexity index is 665. The Morgan fingerprint density at radius 1 is 0.931 bits per heavy atom. The van der Waals surface area contributed by atoms with Gasteiger partial charge in [-0.15, -0.1) is 12.8 Å². The Labute approximate surface area is 170 Å². The van der Waals surface area contributed by atoms with Gasteiger partial charge in [-0.25, -0.2) is 19.2 Å². The number of carboxylic acids is 1. The summed E-state index contributed by atoms with van der Waals surface area (Å²) in [6.45, 7) is 8.96. The molecule has 0 saturated carbocycles. The van der Waals surface area contributed by atoms with E-state index in [1.165, 1.54) is 12.0 Å². The highest BCUT2D eigenvalue weighted by molar-refractivity contribution is 5.89. The highest BCUT2D eigenvalue weighted by Crippen LogP contribution is 1.80. The maximum atomic E-state index is 10.7. The molecule has 0 aliphatic carbocycles. The smallest absolute Gasteiger partial charge is 0.384 e. The fraction of sp³-hybridized carbons (Fsp3) is 0.300. The topological polar surface area (TPSA) is 136 Å². The van der Waals surface area contributed by atoms with E-state index in [0.717, 1.165) is 12.3 Å². The van der Waals surface area contributed by atoms with E-state index in [9.17, 15) is 14.4 Å². The number of aliphatic carboxylic acids is 1. The summed E-state index contributed by atoms with van der Waals surface area (Å²) < 4.78 is 13.4. The van der Waals surface area contributed by atoms with E-state index < -0.39 is 23.9 Å². The van der Waals surface area contributed by atoms with Gasteiger partial charge in [-0.3, -0.25) is 0 Å². The molecule has 0 saturated heterocycles. The van der Waals surface area contributed by atoms with Gasteiger partial charge < -0.3 is 24.4 Å². The summed E-state index contributed by atoms with van der Waals surface area (Å²) in [4.78, 5) is 40.5. The van der Waals surface area contributed by atoms with Gasteiger partial charge in [0.05, 0.1) is 26.1 Å². The van der Waals surface area contributed by atoms with Crippen LogP contribution in [0.15, 0.2) is 25.0 Å². The van der Waals surface area contributed by atoms with Gasteiger partial charge >= 0.3 is 23.9 Å². The van der Waals surface area contributed by atoms with Crippen LogP contribution in [0.3, 0.4) is 0 Å². The van der Waals surface area contributed by atoms with Crippen molar-refractivity contribution in [1.82, 2.24) is 0 Å². The molecule has 9 heteroatoms. The van der Waals surface area contributed by atoms with Crippen molar-refractivity contribution in [3.05, 3.63) is 25.0 Å². The number of hydrogen-bond donors (Lipinski definition) is 2. The third kappa shape index (κ3) is 45.3. The molecule has 0 aliphatic rings. The van der Waals surface area contributed by atoms with Crippen LogP contribution in [-0.2, 0) is 33.4 Å². The Balaban J connectivity index is -0.000000173. The largest absolute Gasteiger partial charge is 0.516 e. The molecule has 0 aromatic heterocycles. The second-order valence-corrected chi connectivity index (χ2v) is 3.57. The number of carboxylic acid groups (broad SMARTS) is 1. The van der Waals surface area contributed by atoms with Crippen LogP contribution >= 0.6 is 0 Å². The first kappa shape index (κ1) is 32.5. The van der Waals surface area contributed by atoms with E-state index in [4.69, 9.17) is 15.0 Å². The standard InChI is InChI=1S/C10H12O4.C5H6O2.C3H2O2.C2H4O/c1-3-13-9(11)7-5-6-8-10(12)14-4-2;1-3-5(6)7-4-2;1-2-3(4)5;1-2-3/h5,7H,3-4H2,1-2H3;1H,4H2,2H3;1H,(H,4,5);2-3H,1H2/b7-5+;;;. The minimum atomic E-state index is -1.22. The van der Waals surface area contributed by atoms with E-state index in [1.54, 1.807) is 26.7 Å². The Hall–Kier alpha value is -4.16. The van der Waals surface area contributed by atoms with E-state index in [-0.39, 0.29) is 6.61 Å². The average molecular weight is 408 g/mol. The number of terminal acetylenes is 2. The molecule has 2 N–H and O–H groups in total. The summed E-state index contributed by atoms with van der Waals surface area (Å²) in [5, 5.41) is 14.8. The number of carbonyl (C=O) groups excluding carboxylic acids is 3. The van der Waals surface area contributed by atoms with Crippen LogP contribution in [0.4, 0.5) is 0 Å². The quantitative estimate of drug-likeness (QED) is 0.176. The summed E-state index contributed by atoms with van der Waals surface area (Å²) in [6.07, 6.45) is 12.1. The molecule has 0 unspecified atom stereocenters. The van der Waals surface area contributed by atoms with Crippen molar-refractivity contribution in [3.8, 4) is 36.5 Å². The second-order valence-electron chi connectivity index (χ2n) is 3.57. The predicted octanol–water partition coefficient (Wildman–Crippen LogP) is 1.25. The van der Waals surface area contributed by atoms with Crippen LogP contribution in [0.1, 0.15) is 20.8 Å². The van der Waals surface area contributed by atoms with E-state index in [0.29, 0.717) is 13.2 Å². The lowest BCUT2D eigenvalue weighted by Crippen LogP contribution is -1.99. The molecule has 0 atom stereocenters. The predicted molar refractivity (Wildman–Crippen MR) is 105 cm³/mol. The van der Waals surface area contributed by atoms with Gasteiger partial charge in [0, 0.05) is 23.8 Å². The monoisotopic (exact) mass is 408 g/mol. The van der Waals surface area contributed by atoms with Crippen molar-refractivity contribution in [2.24, 2.45) is 0 Å². The zero-order chi connectivity index (χ0) is 23.5. The van der Waals surface area contributed by atoms with Crippen molar-refractivity contribution < 1.29 is 43.6 Å². The number of aliphatic hydroxyl groups is 1. The number of ether oxygens (including phenoxy) is 3. The molecule has 0 rings (SSSR count). The molecule has 0 aliphatic heterocycles. The molecule has 0 heterocycles. The SMILES string of the molecule is C#CC(=O)O.C#CC(=O)OCC.C=CO.CCOC(=O)C#C/C=C/C(=O)OCC. The molecule has 0 aromatic carbocycles. The van der Waals surface area contributed by atoms with Gasteiger partial charge in [0.25, 0.3) is 0 Å². The lowest BCUT2D eigenvalue weighted by atomic mass is 10.5. The summed E-state index contributed by atoms with van der Waals surface area (Å²) in [7, 11) is 0. The van der Waals surface area contributed by atoms with Crippen molar-refractivity contribution in [2.75, 3.05) is 19.8 Å².